The van der Waals surface area contributed by atoms with Crippen LogP contribution in [0.2, 0.25) is 0 Å². The first-order valence-corrected chi connectivity index (χ1v) is 10.7. The lowest BCUT2D eigenvalue weighted by Gasteiger charge is -2.37. The number of ether oxygens (including phenoxy) is 1. The van der Waals surface area contributed by atoms with Crippen molar-refractivity contribution in [2.75, 3.05) is 19.8 Å². The Balaban J connectivity index is 1.36. The summed E-state index contributed by atoms with van der Waals surface area (Å²) in [6.07, 6.45) is 7.10. The molecule has 0 spiro atoms. The van der Waals surface area contributed by atoms with E-state index in [1.807, 2.05) is 12.1 Å². The number of rotatable bonds is 7. The Morgan fingerprint density at radius 1 is 1.13 bits per heavy atom. The molecule has 1 amide bonds. The summed E-state index contributed by atoms with van der Waals surface area (Å²) in [7, 11) is 0. The van der Waals surface area contributed by atoms with Gasteiger partial charge in [0.2, 0.25) is 5.91 Å². The van der Waals surface area contributed by atoms with Crippen LogP contribution < -0.4 is 5.32 Å². The summed E-state index contributed by atoms with van der Waals surface area (Å²) < 4.78 is 5.56. The molecule has 2 aliphatic heterocycles. The van der Waals surface area contributed by atoms with Crippen LogP contribution in [0.15, 0.2) is 53.9 Å². The summed E-state index contributed by atoms with van der Waals surface area (Å²) in [5.74, 6) is 0.104. The van der Waals surface area contributed by atoms with Crippen LogP contribution in [0.1, 0.15) is 42.4 Å². The van der Waals surface area contributed by atoms with Crippen molar-refractivity contribution in [3.05, 3.63) is 65.5 Å². The number of carbonyl (C=O) groups excluding carboxylic acids is 1. The fourth-order valence-corrected chi connectivity index (χ4v) is 4.23. The van der Waals surface area contributed by atoms with Gasteiger partial charge in [-0.15, -0.1) is 0 Å². The van der Waals surface area contributed by atoms with E-state index in [0.29, 0.717) is 39.0 Å². The number of amides is 1. The molecule has 1 atom stereocenters. The van der Waals surface area contributed by atoms with Gasteiger partial charge in [0.05, 0.1) is 11.1 Å². The molecule has 1 unspecified atom stereocenters. The molecule has 6 nitrogen and oxygen atoms in total. The molecule has 4 rings (SSSR count). The zero-order valence-corrected chi connectivity index (χ0v) is 17.5. The van der Waals surface area contributed by atoms with Crippen molar-refractivity contribution >= 4 is 11.6 Å². The summed E-state index contributed by atoms with van der Waals surface area (Å²) in [5.41, 5.74) is 3.98. The second-order valence-electron chi connectivity index (χ2n) is 8.29. The summed E-state index contributed by atoms with van der Waals surface area (Å²) in [5, 5.41) is 7.48. The summed E-state index contributed by atoms with van der Waals surface area (Å²) >= 11 is 0. The van der Waals surface area contributed by atoms with Crippen LogP contribution in [0.25, 0.3) is 0 Å². The van der Waals surface area contributed by atoms with Crippen LogP contribution in [0.5, 0.6) is 0 Å². The Hall–Kier alpha value is -2.73. The van der Waals surface area contributed by atoms with E-state index >= 15 is 0 Å². The number of hydrogen-bond donors (Lipinski definition) is 1. The summed E-state index contributed by atoms with van der Waals surface area (Å²) in [4.78, 5) is 23.0. The fourth-order valence-electron chi connectivity index (χ4n) is 4.23. The predicted molar refractivity (Wildman–Crippen MR) is 115 cm³/mol. The van der Waals surface area contributed by atoms with E-state index in [2.05, 4.69) is 46.6 Å². The number of nitrogens with zero attached hydrogens (tertiary/aromatic N) is 2. The van der Waals surface area contributed by atoms with Gasteiger partial charge < -0.3 is 14.9 Å². The predicted octanol–water partition coefficient (Wildman–Crippen LogP) is 3.43. The van der Waals surface area contributed by atoms with Crippen molar-refractivity contribution in [1.82, 2.24) is 10.3 Å². The topological polar surface area (TPSA) is 72.8 Å². The number of hydrogen-bond acceptors (Lipinski definition) is 5. The number of oxime groups is 1. The van der Waals surface area contributed by atoms with Crippen LogP contribution in [0, 0.1) is 12.3 Å². The Morgan fingerprint density at radius 2 is 1.87 bits per heavy atom. The van der Waals surface area contributed by atoms with Crippen molar-refractivity contribution in [3.63, 3.8) is 0 Å². The summed E-state index contributed by atoms with van der Waals surface area (Å²) in [6.45, 7) is 3.90. The van der Waals surface area contributed by atoms with Gasteiger partial charge in [-0.3, -0.25) is 9.78 Å². The molecule has 1 N–H and O–H groups in total. The monoisotopic (exact) mass is 407 g/mol. The maximum atomic E-state index is 13.2. The average Bonchev–Trinajstić information content (AvgIpc) is 3.24. The molecule has 1 aromatic carbocycles. The Bertz CT molecular complexity index is 874. The van der Waals surface area contributed by atoms with E-state index in [9.17, 15) is 4.79 Å². The van der Waals surface area contributed by atoms with Crippen LogP contribution in [-0.2, 0) is 20.8 Å². The largest absolute Gasteiger partial charge is 0.392 e. The van der Waals surface area contributed by atoms with Gasteiger partial charge in [0, 0.05) is 45.0 Å². The molecule has 0 saturated carbocycles. The van der Waals surface area contributed by atoms with Gasteiger partial charge in [0.25, 0.3) is 0 Å². The summed E-state index contributed by atoms with van der Waals surface area (Å²) in [6, 6.07) is 12.3. The Kier molecular flexibility index (Phi) is 6.43. The molecule has 2 aromatic rings. The number of aromatic nitrogens is 1. The highest BCUT2D eigenvalue weighted by Crippen LogP contribution is 2.38. The van der Waals surface area contributed by atoms with E-state index < -0.39 is 5.41 Å². The normalized spacial score (nSPS) is 20.3. The van der Waals surface area contributed by atoms with Gasteiger partial charge in [-0.1, -0.05) is 35.0 Å². The molecule has 0 aliphatic carbocycles. The first-order chi connectivity index (χ1) is 14.6. The van der Waals surface area contributed by atoms with Gasteiger partial charge in [0.1, 0.15) is 6.10 Å². The average molecular weight is 408 g/mol. The lowest BCUT2D eigenvalue weighted by molar-refractivity contribution is -0.140. The second-order valence-corrected chi connectivity index (χ2v) is 8.29. The third-order valence-electron chi connectivity index (χ3n) is 6.12. The minimum Gasteiger partial charge on any atom is -0.392 e. The number of aryl methyl sites for hydroxylation is 1. The van der Waals surface area contributed by atoms with E-state index in [4.69, 9.17) is 9.57 Å². The van der Waals surface area contributed by atoms with Gasteiger partial charge in [-0.05, 0) is 49.4 Å². The number of nitrogens with one attached hydrogen (secondary N) is 1. The minimum absolute atomic E-state index is 0.0784. The number of benzene rings is 1. The molecular weight excluding hydrogens is 378 g/mol. The van der Waals surface area contributed by atoms with Crippen molar-refractivity contribution in [1.29, 1.82) is 0 Å². The first kappa shape index (κ1) is 20.5. The molecule has 1 fully saturated rings. The van der Waals surface area contributed by atoms with Crippen LogP contribution >= 0.6 is 0 Å². The molecule has 6 heteroatoms. The standard InChI is InChI=1S/C24H29N3O3/c1-18-2-4-20(5-3-18)22-16-21(30-27-22)17-24(9-14-29-15-10-24)23(28)26-13-8-19-6-11-25-12-7-19/h2-7,11-12,21H,8-10,13-17H2,1H3,(H,26,28). The maximum Gasteiger partial charge on any atom is 0.226 e. The van der Waals surface area contributed by atoms with Crippen molar-refractivity contribution in [2.24, 2.45) is 10.6 Å². The smallest absolute Gasteiger partial charge is 0.226 e. The molecule has 0 radical (unpaired) electrons. The van der Waals surface area contributed by atoms with Crippen LogP contribution in [0.3, 0.4) is 0 Å². The first-order valence-electron chi connectivity index (χ1n) is 10.7. The SMILES string of the molecule is Cc1ccc(C2=NOC(CC3(C(=O)NCCc4ccncc4)CCOCC3)C2)cc1. The highest BCUT2D eigenvalue weighted by atomic mass is 16.6. The van der Waals surface area contributed by atoms with E-state index in [-0.39, 0.29) is 12.0 Å². The Labute approximate surface area is 177 Å². The molecule has 2 aliphatic rings. The third kappa shape index (κ3) is 4.87. The zero-order chi connectivity index (χ0) is 20.8. The molecule has 1 saturated heterocycles. The highest BCUT2D eigenvalue weighted by molar-refractivity contribution is 6.01. The quantitative estimate of drug-likeness (QED) is 0.763. The van der Waals surface area contributed by atoms with Crippen molar-refractivity contribution in [2.45, 2.75) is 45.1 Å². The van der Waals surface area contributed by atoms with E-state index in [1.54, 1.807) is 12.4 Å². The number of pyridine rings is 1. The van der Waals surface area contributed by atoms with Gasteiger partial charge in [-0.25, -0.2) is 0 Å². The highest BCUT2D eigenvalue weighted by Gasteiger charge is 2.43. The molecule has 30 heavy (non-hydrogen) atoms. The van der Waals surface area contributed by atoms with Gasteiger partial charge in [0.15, 0.2) is 0 Å². The van der Waals surface area contributed by atoms with Gasteiger partial charge >= 0.3 is 0 Å². The van der Waals surface area contributed by atoms with Crippen LogP contribution in [0.4, 0.5) is 0 Å². The van der Waals surface area contributed by atoms with Gasteiger partial charge in [-0.2, -0.15) is 0 Å². The minimum atomic E-state index is -0.459. The zero-order valence-electron chi connectivity index (χ0n) is 17.5. The number of carbonyl (C=O) groups is 1. The molecule has 0 bridgehead atoms. The van der Waals surface area contributed by atoms with E-state index in [0.717, 1.165) is 24.1 Å². The third-order valence-corrected chi connectivity index (χ3v) is 6.12. The molecule has 158 valence electrons. The lowest BCUT2D eigenvalue weighted by Crippen LogP contribution is -2.47. The lowest BCUT2D eigenvalue weighted by atomic mass is 9.74. The maximum absolute atomic E-state index is 13.2. The fraction of sp³-hybridized carbons (Fsp3) is 0.458. The van der Waals surface area contributed by atoms with E-state index in [1.165, 1.54) is 11.1 Å². The van der Waals surface area contributed by atoms with Crippen molar-refractivity contribution < 1.29 is 14.4 Å². The Morgan fingerprint density at radius 3 is 2.60 bits per heavy atom. The molecule has 1 aromatic heterocycles. The van der Waals surface area contributed by atoms with Crippen LogP contribution in [-0.4, -0.2) is 42.5 Å². The second kappa shape index (κ2) is 9.39. The molecule has 3 heterocycles. The van der Waals surface area contributed by atoms with Crippen molar-refractivity contribution in [3.8, 4) is 0 Å². The molecular formula is C24H29N3O3.